The first-order valence-corrected chi connectivity index (χ1v) is 6.35. The normalized spacial score (nSPS) is 10.0. The van der Waals surface area contributed by atoms with Crippen molar-refractivity contribution in [3.8, 4) is 0 Å². The average molecular weight is 286 g/mol. The van der Waals surface area contributed by atoms with Crippen LogP contribution in [0, 0.1) is 6.92 Å². The number of aryl methyl sites for hydroxylation is 1. The lowest BCUT2D eigenvalue weighted by Crippen LogP contribution is -2.21. The van der Waals surface area contributed by atoms with E-state index < -0.39 is 11.9 Å². The third-order valence-corrected chi connectivity index (χ3v) is 2.51. The van der Waals surface area contributed by atoms with E-state index in [0.717, 1.165) is 5.69 Å². The van der Waals surface area contributed by atoms with Crippen LogP contribution in [0.4, 0.5) is 5.82 Å². The van der Waals surface area contributed by atoms with Gasteiger partial charge in [-0.05, 0) is 26.0 Å². The van der Waals surface area contributed by atoms with Crippen LogP contribution in [-0.2, 0) is 4.74 Å². The molecule has 0 radical (unpaired) electrons. The standard InChI is InChI=1S/C14H14N4O3/c1-3-21-14(20)12-11(15-7-8-16-12)13(19)18-10-6-4-5-9(2)17-10/h4-8H,3H2,1-2H3,(H,17,18,19). The number of ether oxygens (including phenoxy) is 1. The molecule has 0 fully saturated rings. The third kappa shape index (κ3) is 3.59. The number of carbonyl (C=O) groups is 2. The van der Waals surface area contributed by atoms with Gasteiger partial charge in [-0.15, -0.1) is 0 Å². The number of aromatic nitrogens is 3. The SMILES string of the molecule is CCOC(=O)c1nccnc1C(=O)Nc1cccc(C)n1. The Morgan fingerprint density at radius 1 is 1.19 bits per heavy atom. The number of nitrogens with zero attached hydrogens (tertiary/aromatic N) is 3. The summed E-state index contributed by atoms with van der Waals surface area (Å²) in [5.74, 6) is -0.877. The minimum atomic E-state index is -0.687. The fraction of sp³-hybridized carbons (Fsp3) is 0.214. The molecule has 0 unspecified atom stereocenters. The van der Waals surface area contributed by atoms with E-state index in [2.05, 4.69) is 20.3 Å². The van der Waals surface area contributed by atoms with Gasteiger partial charge in [0.25, 0.3) is 5.91 Å². The Hall–Kier alpha value is -2.83. The van der Waals surface area contributed by atoms with Crippen molar-refractivity contribution < 1.29 is 14.3 Å². The van der Waals surface area contributed by atoms with E-state index in [9.17, 15) is 9.59 Å². The van der Waals surface area contributed by atoms with E-state index in [0.29, 0.717) is 5.82 Å². The molecule has 0 aliphatic rings. The zero-order chi connectivity index (χ0) is 15.2. The van der Waals surface area contributed by atoms with Crippen LogP contribution in [0.1, 0.15) is 33.6 Å². The van der Waals surface area contributed by atoms with Crippen molar-refractivity contribution in [1.29, 1.82) is 0 Å². The number of hydrogen-bond acceptors (Lipinski definition) is 6. The Labute approximate surface area is 121 Å². The summed E-state index contributed by atoms with van der Waals surface area (Å²) in [5, 5.41) is 2.58. The monoisotopic (exact) mass is 286 g/mol. The molecule has 0 bridgehead atoms. The highest BCUT2D eigenvalue weighted by Gasteiger charge is 2.21. The summed E-state index contributed by atoms with van der Waals surface area (Å²) in [6, 6.07) is 5.22. The van der Waals surface area contributed by atoms with E-state index in [4.69, 9.17) is 4.74 Å². The predicted octanol–water partition coefficient (Wildman–Crippen LogP) is 1.61. The summed E-state index contributed by atoms with van der Waals surface area (Å²) in [6.07, 6.45) is 2.66. The highest BCUT2D eigenvalue weighted by atomic mass is 16.5. The van der Waals surface area contributed by atoms with Crippen LogP contribution in [0.2, 0.25) is 0 Å². The predicted molar refractivity (Wildman–Crippen MR) is 74.9 cm³/mol. The highest BCUT2D eigenvalue weighted by molar-refractivity contribution is 6.08. The van der Waals surface area contributed by atoms with Crippen LogP contribution >= 0.6 is 0 Å². The molecule has 0 aliphatic heterocycles. The van der Waals surface area contributed by atoms with Gasteiger partial charge in [-0.3, -0.25) is 4.79 Å². The maximum Gasteiger partial charge on any atom is 0.359 e. The van der Waals surface area contributed by atoms with Crippen LogP contribution in [0.5, 0.6) is 0 Å². The van der Waals surface area contributed by atoms with E-state index >= 15 is 0 Å². The first-order chi connectivity index (χ1) is 10.1. The number of rotatable bonds is 4. The molecule has 0 aromatic carbocycles. The minimum absolute atomic E-state index is 0.0979. The Balaban J connectivity index is 2.25. The molecule has 1 amide bonds. The minimum Gasteiger partial charge on any atom is -0.461 e. The summed E-state index contributed by atoms with van der Waals surface area (Å²) in [5.41, 5.74) is 0.543. The van der Waals surface area contributed by atoms with Crippen molar-refractivity contribution in [2.24, 2.45) is 0 Å². The molecule has 2 aromatic rings. The Morgan fingerprint density at radius 2 is 1.90 bits per heavy atom. The Kier molecular flexibility index (Phi) is 4.55. The molecule has 2 heterocycles. The number of nitrogens with one attached hydrogen (secondary N) is 1. The van der Waals surface area contributed by atoms with Crippen molar-refractivity contribution >= 4 is 17.7 Å². The maximum absolute atomic E-state index is 12.2. The van der Waals surface area contributed by atoms with E-state index in [-0.39, 0.29) is 18.0 Å². The fourth-order valence-electron chi connectivity index (χ4n) is 1.64. The van der Waals surface area contributed by atoms with Gasteiger partial charge in [-0.2, -0.15) is 0 Å². The molecular weight excluding hydrogens is 272 g/mol. The highest BCUT2D eigenvalue weighted by Crippen LogP contribution is 2.09. The molecule has 1 N–H and O–H groups in total. The number of hydrogen-bond donors (Lipinski definition) is 1. The second-order valence-corrected chi connectivity index (χ2v) is 4.09. The summed E-state index contributed by atoms with van der Waals surface area (Å²) < 4.78 is 4.85. The zero-order valence-corrected chi connectivity index (χ0v) is 11.7. The first-order valence-electron chi connectivity index (χ1n) is 6.35. The van der Waals surface area contributed by atoms with Crippen molar-refractivity contribution in [2.75, 3.05) is 11.9 Å². The molecule has 0 atom stereocenters. The molecule has 0 saturated heterocycles. The Bertz CT molecular complexity index is 673. The van der Waals surface area contributed by atoms with Gasteiger partial charge in [0.15, 0.2) is 11.4 Å². The molecule has 21 heavy (non-hydrogen) atoms. The first kappa shape index (κ1) is 14.6. The molecule has 2 aromatic heterocycles. The average Bonchev–Trinajstić information content (AvgIpc) is 2.47. The van der Waals surface area contributed by atoms with Gasteiger partial charge in [0, 0.05) is 18.1 Å². The van der Waals surface area contributed by atoms with Crippen molar-refractivity contribution in [1.82, 2.24) is 15.0 Å². The summed E-state index contributed by atoms with van der Waals surface area (Å²) in [4.78, 5) is 35.9. The Morgan fingerprint density at radius 3 is 2.57 bits per heavy atom. The third-order valence-electron chi connectivity index (χ3n) is 2.51. The molecule has 0 aliphatic carbocycles. The molecule has 0 spiro atoms. The van der Waals surface area contributed by atoms with Gasteiger partial charge in [-0.25, -0.2) is 19.7 Å². The van der Waals surface area contributed by atoms with E-state index in [1.807, 2.05) is 13.0 Å². The van der Waals surface area contributed by atoms with E-state index in [1.54, 1.807) is 19.1 Å². The summed E-state index contributed by atoms with van der Waals surface area (Å²) >= 11 is 0. The van der Waals surface area contributed by atoms with Gasteiger partial charge in [0.1, 0.15) is 5.82 Å². The topological polar surface area (TPSA) is 94.1 Å². The largest absolute Gasteiger partial charge is 0.461 e. The molecular formula is C14H14N4O3. The van der Waals surface area contributed by atoms with Crippen LogP contribution in [0.25, 0.3) is 0 Å². The van der Waals surface area contributed by atoms with Gasteiger partial charge in [-0.1, -0.05) is 6.07 Å². The van der Waals surface area contributed by atoms with Gasteiger partial charge < -0.3 is 10.1 Å². The number of amides is 1. The van der Waals surface area contributed by atoms with Crippen molar-refractivity contribution in [2.45, 2.75) is 13.8 Å². The fourth-order valence-corrected chi connectivity index (χ4v) is 1.64. The van der Waals surface area contributed by atoms with E-state index in [1.165, 1.54) is 12.4 Å². The van der Waals surface area contributed by atoms with Crippen LogP contribution in [0.3, 0.4) is 0 Å². The summed E-state index contributed by atoms with van der Waals surface area (Å²) in [7, 11) is 0. The van der Waals surface area contributed by atoms with Crippen molar-refractivity contribution in [3.05, 3.63) is 47.7 Å². The molecule has 0 saturated carbocycles. The van der Waals surface area contributed by atoms with Crippen LogP contribution in [0.15, 0.2) is 30.6 Å². The lowest BCUT2D eigenvalue weighted by Gasteiger charge is -2.07. The molecule has 7 heteroatoms. The lowest BCUT2D eigenvalue weighted by molar-refractivity contribution is 0.0515. The second kappa shape index (κ2) is 6.56. The number of pyridine rings is 1. The van der Waals surface area contributed by atoms with Crippen molar-refractivity contribution in [3.63, 3.8) is 0 Å². The summed E-state index contributed by atoms with van der Waals surface area (Å²) in [6.45, 7) is 3.67. The maximum atomic E-state index is 12.2. The number of esters is 1. The number of anilines is 1. The van der Waals surface area contributed by atoms with Gasteiger partial charge >= 0.3 is 5.97 Å². The smallest absolute Gasteiger partial charge is 0.359 e. The quantitative estimate of drug-likeness (QED) is 0.858. The van der Waals surface area contributed by atoms with Gasteiger partial charge in [0.2, 0.25) is 0 Å². The van der Waals surface area contributed by atoms with Gasteiger partial charge in [0.05, 0.1) is 6.61 Å². The lowest BCUT2D eigenvalue weighted by atomic mass is 10.2. The molecule has 2 rings (SSSR count). The number of carbonyl (C=O) groups excluding carboxylic acids is 2. The zero-order valence-electron chi connectivity index (χ0n) is 11.7. The molecule has 7 nitrogen and oxygen atoms in total. The van der Waals surface area contributed by atoms with Crippen LogP contribution < -0.4 is 5.32 Å². The second-order valence-electron chi connectivity index (χ2n) is 4.09. The van der Waals surface area contributed by atoms with Crippen LogP contribution in [-0.4, -0.2) is 33.4 Å². The molecule has 108 valence electrons.